The third kappa shape index (κ3) is 7.10. The lowest BCUT2D eigenvalue weighted by atomic mass is 10.0. The maximum Gasteiger partial charge on any atom is 0.273 e. The van der Waals surface area contributed by atoms with E-state index in [-0.39, 0.29) is 53.5 Å². The molecule has 3 aromatic rings. The minimum atomic E-state index is -0.611. The van der Waals surface area contributed by atoms with Crippen molar-refractivity contribution in [2.45, 2.75) is 45.2 Å². The van der Waals surface area contributed by atoms with Crippen LogP contribution in [0.25, 0.3) is 0 Å². The maximum absolute atomic E-state index is 13.3. The lowest BCUT2D eigenvalue weighted by molar-refractivity contribution is -0.123. The molecule has 2 aliphatic rings. The van der Waals surface area contributed by atoms with E-state index in [9.17, 15) is 14.4 Å². The van der Waals surface area contributed by atoms with Crippen LogP contribution < -0.4 is 16.0 Å². The van der Waals surface area contributed by atoms with Gasteiger partial charge >= 0.3 is 0 Å². The Morgan fingerprint density at radius 2 is 1.85 bits per heavy atom. The number of amides is 3. The van der Waals surface area contributed by atoms with E-state index in [1.54, 1.807) is 5.38 Å². The molecule has 0 spiro atoms. The van der Waals surface area contributed by atoms with E-state index in [1.165, 1.54) is 17.6 Å². The molecule has 1 aliphatic carbocycles. The third-order valence-corrected chi connectivity index (χ3v) is 7.87. The second-order valence-corrected chi connectivity index (χ2v) is 11.5. The number of carbonyl (C=O) groups is 3. The summed E-state index contributed by atoms with van der Waals surface area (Å²) in [5.41, 5.74) is 1.38. The van der Waals surface area contributed by atoms with Gasteiger partial charge in [0.1, 0.15) is 23.0 Å². The van der Waals surface area contributed by atoms with Crippen LogP contribution in [0.5, 0.6) is 0 Å². The highest BCUT2D eigenvalue weighted by Crippen LogP contribution is 2.30. The smallest absolute Gasteiger partial charge is 0.273 e. The predicted octanol–water partition coefficient (Wildman–Crippen LogP) is 3.11. The van der Waals surface area contributed by atoms with Crippen molar-refractivity contribution in [3.63, 3.8) is 0 Å². The number of nitrogens with one attached hydrogen (secondary N) is 3. The predicted molar refractivity (Wildman–Crippen MR) is 146 cm³/mol. The van der Waals surface area contributed by atoms with Crippen LogP contribution in [0.2, 0.25) is 0 Å². The van der Waals surface area contributed by atoms with Gasteiger partial charge in [-0.25, -0.2) is 9.97 Å². The van der Waals surface area contributed by atoms with Crippen molar-refractivity contribution in [3.8, 4) is 0 Å². The Hall–Kier alpha value is -3.57. The van der Waals surface area contributed by atoms with E-state index in [2.05, 4.69) is 30.8 Å². The molecule has 3 amide bonds. The number of hydrogen-bond acceptors (Lipinski definition) is 8. The number of aromatic nitrogens is 2. The molecule has 0 saturated heterocycles. The van der Waals surface area contributed by atoms with Gasteiger partial charge in [-0.15, -0.1) is 11.3 Å². The second kappa shape index (κ2) is 12.1. The lowest BCUT2D eigenvalue weighted by Crippen LogP contribution is -2.43. The highest BCUT2D eigenvalue weighted by molar-refractivity contribution is 7.09. The van der Waals surface area contributed by atoms with E-state index >= 15 is 0 Å². The summed E-state index contributed by atoms with van der Waals surface area (Å²) < 4.78 is 5.70. The first kappa shape index (κ1) is 27.0. The molecule has 3 N–H and O–H groups in total. The Bertz CT molecular complexity index is 1300. The van der Waals surface area contributed by atoms with E-state index in [1.807, 2.05) is 44.2 Å². The van der Waals surface area contributed by atoms with Crippen molar-refractivity contribution in [2.24, 2.45) is 11.8 Å². The molecule has 1 aliphatic heterocycles. The average Bonchev–Trinajstić information content (AvgIpc) is 3.37. The van der Waals surface area contributed by atoms with E-state index < -0.39 is 6.04 Å². The molecule has 206 valence electrons. The van der Waals surface area contributed by atoms with Gasteiger partial charge in [0, 0.05) is 31.4 Å². The zero-order chi connectivity index (χ0) is 27.4. The number of carbonyl (C=O) groups excluding carboxylic acids is 3. The quantitative estimate of drug-likeness (QED) is 0.445. The van der Waals surface area contributed by atoms with Crippen LogP contribution >= 0.6 is 11.3 Å². The summed E-state index contributed by atoms with van der Waals surface area (Å²) in [6.45, 7) is 5.99. The Labute approximate surface area is 231 Å². The SMILES string of the molecule is CC(C)[C@@H]1NC(=O)CN(CC2CC2)CCNC(=O)c2coc(n2)[C@H](Cc2ccccc2)NC(=O)c2csc1n2. The van der Waals surface area contributed by atoms with Crippen LogP contribution in [0.3, 0.4) is 0 Å². The van der Waals surface area contributed by atoms with E-state index in [0.29, 0.717) is 30.4 Å². The summed E-state index contributed by atoms with van der Waals surface area (Å²) in [6, 6.07) is 8.75. The van der Waals surface area contributed by atoms with Crippen LogP contribution in [0.15, 0.2) is 46.4 Å². The summed E-state index contributed by atoms with van der Waals surface area (Å²) in [7, 11) is 0. The largest absolute Gasteiger partial charge is 0.446 e. The molecular weight excluding hydrogens is 516 g/mol. The molecule has 3 heterocycles. The first-order valence-electron chi connectivity index (χ1n) is 13.4. The fourth-order valence-corrected chi connectivity index (χ4v) is 5.64. The van der Waals surface area contributed by atoms with Gasteiger partial charge in [-0.05, 0) is 30.2 Å². The van der Waals surface area contributed by atoms with Crippen molar-refractivity contribution in [1.29, 1.82) is 0 Å². The summed E-state index contributed by atoms with van der Waals surface area (Å²) in [6.07, 6.45) is 4.06. The molecule has 5 rings (SSSR count). The number of nitrogens with zero attached hydrogens (tertiary/aromatic N) is 3. The molecule has 2 aromatic heterocycles. The number of oxazole rings is 1. The van der Waals surface area contributed by atoms with Crippen molar-refractivity contribution < 1.29 is 18.8 Å². The molecule has 10 nitrogen and oxygen atoms in total. The fraction of sp³-hybridized carbons (Fsp3) is 0.464. The monoisotopic (exact) mass is 550 g/mol. The van der Waals surface area contributed by atoms with Crippen LogP contribution in [0, 0.1) is 11.8 Å². The Morgan fingerprint density at radius 1 is 1.05 bits per heavy atom. The second-order valence-electron chi connectivity index (χ2n) is 10.6. The number of hydrogen-bond donors (Lipinski definition) is 3. The summed E-state index contributed by atoms with van der Waals surface area (Å²) >= 11 is 1.35. The highest BCUT2D eigenvalue weighted by Gasteiger charge is 2.29. The Kier molecular flexibility index (Phi) is 8.37. The molecule has 0 unspecified atom stereocenters. The van der Waals surface area contributed by atoms with E-state index in [0.717, 1.165) is 24.9 Å². The van der Waals surface area contributed by atoms with Gasteiger partial charge in [-0.3, -0.25) is 19.3 Å². The van der Waals surface area contributed by atoms with Crippen molar-refractivity contribution in [2.75, 3.05) is 26.2 Å². The van der Waals surface area contributed by atoms with Crippen LogP contribution in [0.1, 0.15) is 76.2 Å². The number of thiazole rings is 1. The summed E-state index contributed by atoms with van der Waals surface area (Å²) in [4.78, 5) is 50.3. The first-order chi connectivity index (χ1) is 18.9. The molecule has 0 radical (unpaired) electrons. The highest BCUT2D eigenvalue weighted by atomic mass is 32.1. The molecule has 4 bridgehead atoms. The number of rotatable bonds is 5. The zero-order valence-electron chi connectivity index (χ0n) is 22.2. The normalized spacial score (nSPS) is 21.6. The summed E-state index contributed by atoms with van der Waals surface area (Å²) in [5, 5.41) is 11.4. The van der Waals surface area contributed by atoms with Crippen LogP contribution in [0.4, 0.5) is 0 Å². The van der Waals surface area contributed by atoms with Gasteiger partial charge in [0.25, 0.3) is 11.8 Å². The topological polar surface area (TPSA) is 129 Å². The number of fused-ring (bicyclic) bond motifs is 4. The van der Waals surface area contributed by atoms with Crippen LogP contribution in [-0.4, -0.2) is 58.8 Å². The van der Waals surface area contributed by atoms with Crippen molar-refractivity contribution in [1.82, 2.24) is 30.8 Å². The van der Waals surface area contributed by atoms with Gasteiger partial charge in [0.2, 0.25) is 11.8 Å². The maximum atomic E-state index is 13.3. The van der Waals surface area contributed by atoms with Gasteiger partial charge in [0.05, 0.1) is 12.6 Å². The molecule has 11 heteroatoms. The van der Waals surface area contributed by atoms with Gasteiger partial charge < -0.3 is 20.4 Å². The van der Waals surface area contributed by atoms with Gasteiger partial charge in [-0.1, -0.05) is 44.2 Å². The summed E-state index contributed by atoms with van der Waals surface area (Å²) in [5.74, 6) is 0.0638. The molecule has 1 saturated carbocycles. The molecule has 1 fully saturated rings. The number of benzene rings is 1. The van der Waals surface area contributed by atoms with Crippen molar-refractivity contribution >= 4 is 29.1 Å². The fourth-order valence-electron chi connectivity index (χ4n) is 4.62. The minimum absolute atomic E-state index is 0.0781. The average molecular weight is 551 g/mol. The van der Waals surface area contributed by atoms with Crippen LogP contribution in [-0.2, 0) is 11.2 Å². The third-order valence-electron chi connectivity index (χ3n) is 6.94. The van der Waals surface area contributed by atoms with Gasteiger partial charge in [-0.2, -0.15) is 0 Å². The zero-order valence-corrected chi connectivity index (χ0v) is 23.0. The standard InChI is InChI=1S/C28H34N6O4S/c1-17(2)24-28-32-22(16-39-28)26(37)30-20(12-18-6-4-3-5-7-18)27-31-21(15-38-27)25(36)29-10-11-34(13-19-8-9-19)14-23(35)33-24/h3-7,15-17,19-20,24H,8-14H2,1-2H3,(H,29,36)(H,30,37)(H,33,35)/t20-,24-/m0/s1. The van der Waals surface area contributed by atoms with Gasteiger partial charge in [0.15, 0.2) is 5.69 Å². The first-order valence-corrected chi connectivity index (χ1v) is 14.3. The molecule has 39 heavy (non-hydrogen) atoms. The van der Waals surface area contributed by atoms with Crippen molar-refractivity contribution in [3.05, 3.63) is 69.8 Å². The van der Waals surface area contributed by atoms with E-state index in [4.69, 9.17) is 4.42 Å². The molecule has 1 aromatic carbocycles. The Morgan fingerprint density at radius 3 is 2.59 bits per heavy atom. The molecule has 2 atom stereocenters. The minimum Gasteiger partial charge on any atom is -0.446 e. The molecular formula is C28H34N6O4S. The Balaban J connectivity index is 1.44. The lowest BCUT2D eigenvalue weighted by Gasteiger charge is -2.25.